The van der Waals surface area contributed by atoms with E-state index in [0.29, 0.717) is 12.6 Å². The molecule has 1 aromatic heterocycles. The van der Waals surface area contributed by atoms with Gasteiger partial charge in [0.1, 0.15) is 5.76 Å². The van der Waals surface area contributed by atoms with Crippen molar-refractivity contribution >= 4 is 17.7 Å². The predicted molar refractivity (Wildman–Crippen MR) is 76.4 cm³/mol. The molecule has 1 heterocycles. The Kier molecular flexibility index (Phi) is 5.34. The van der Waals surface area contributed by atoms with Gasteiger partial charge in [0.15, 0.2) is 0 Å². The number of thioether (sulfide) groups is 1. The van der Waals surface area contributed by atoms with E-state index in [9.17, 15) is 4.79 Å². The van der Waals surface area contributed by atoms with E-state index in [1.54, 1.807) is 6.07 Å². The number of carbonyl (C=O) groups excluding carboxylic acids is 1. The second-order valence-electron chi connectivity index (χ2n) is 4.85. The van der Waals surface area contributed by atoms with E-state index in [0.717, 1.165) is 11.0 Å². The van der Waals surface area contributed by atoms with Gasteiger partial charge in [-0.05, 0) is 44.1 Å². The fourth-order valence-corrected chi connectivity index (χ4v) is 3.17. The van der Waals surface area contributed by atoms with Crippen molar-refractivity contribution in [3.05, 3.63) is 23.7 Å². The fraction of sp³-hybridized carbons (Fsp3) is 0.643. The fourth-order valence-electron chi connectivity index (χ4n) is 2.43. The molecule has 1 fully saturated rings. The summed E-state index contributed by atoms with van der Waals surface area (Å²) in [6.07, 6.45) is 7.19. The van der Waals surface area contributed by atoms with Gasteiger partial charge in [0, 0.05) is 11.3 Å². The van der Waals surface area contributed by atoms with Crippen LogP contribution < -0.4 is 5.32 Å². The smallest absolute Gasteiger partial charge is 0.373 e. The van der Waals surface area contributed by atoms with Crippen molar-refractivity contribution in [2.45, 2.75) is 43.5 Å². The van der Waals surface area contributed by atoms with Gasteiger partial charge in [-0.2, -0.15) is 11.8 Å². The Hall–Kier alpha value is -0.940. The molecule has 1 aromatic rings. The number of methoxy groups -OCH3 is 1. The zero-order chi connectivity index (χ0) is 13.7. The van der Waals surface area contributed by atoms with Gasteiger partial charge in [0.25, 0.3) is 0 Å². The average Bonchev–Trinajstić information content (AvgIpc) is 2.93. The Morgan fingerprint density at radius 1 is 1.42 bits per heavy atom. The van der Waals surface area contributed by atoms with Crippen LogP contribution in [0.5, 0.6) is 0 Å². The zero-order valence-electron chi connectivity index (χ0n) is 11.5. The third-order valence-electron chi connectivity index (χ3n) is 3.62. The van der Waals surface area contributed by atoms with E-state index in [-0.39, 0.29) is 5.76 Å². The maximum Gasteiger partial charge on any atom is 0.373 e. The first-order valence-corrected chi connectivity index (χ1v) is 7.95. The molecule has 1 saturated carbocycles. The Balaban J connectivity index is 1.76. The number of furan rings is 1. The van der Waals surface area contributed by atoms with Crippen LogP contribution in [0.2, 0.25) is 0 Å². The van der Waals surface area contributed by atoms with Crippen LogP contribution in [-0.4, -0.2) is 30.6 Å². The number of nitrogens with one attached hydrogen (secondary N) is 1. The Morgan fingerprint density at radius 2 is 2.16 bits per heavy atom. The number of esters is 1. The topological polar surface area (TPSA) is 51.5 Å². The van der Waals surface area contributed by atoms with Crippen molar-refractivity contribution in [1.29, 1.82) is 0 Å². The Morgan fingerprint density at radius 3 is 2.79 bits per heavy atom. The second kappa shape index (κ2) is 7.01. The SMILES string of the molecule is COC(=O)c1ccc(CNC2CCC(SC)CC2)o1. The summed E-state index contributed by atoms with van der Waals surface area (Å²) in [6.45, 7) is 0.672. The van der Waals surface area contributed by atoms with Crippen LogP contribution in [0.15, 0.2) is 16.5 Å². The number of hydrogen-bond donors (Lipinski definition) is 1. The van der Waals surface area contributed by atoms with Gasteiger partial charge in [0.2, 0.25) is 5.76 Å². The van der Waals surface area contributed by atoms with Gasteiger partial charge < -0.3 is 14.5 Å². The van der Waals surface area contributed by atoms with E-state index in [4.69, 9.17) is 4.42 Å². The van der Waals surface area contributed by atoms with Crippen LogP contribution in [0.4, 0.5) is 0 Å². The first-order chi connectivity index (χ1) is 9.22. The summed E-state index contributed by atoms with van der Waals surface area (Å²) < 4.78 is 10.0. The van der Waals surface area contributed by atoms with Crippen LogP contribution in [0.3, 0.4) is 0 Å². The quantitative estimate of drug-likeness (QED) is 0.842. The summed E-state index contributed by atoms with van der Waals surface area (Å²) in [5.74, 6) is 0.629. The molecule has 0 amide bonds. The van der Waals surface area contributed by atoms with E-state index < -0.39 is 5.97 Å². The maximum atomic E-state index is 11.3. The van der Waals surface area contributed by atoms with Crippen LogP contribution >= 0.6 is 11.8 Å². The minimum atomic E-state index is -0.424. The first kappa shape index (κ1) is 14.5. The molecule has 0 unspecified atom stereocenters. The molecule has 19 heavy (non-hydrogen) atoms. The molecule has 2 rings (SSSR count). The van der Waals surface area contributed by atoms with Crippen molar-refractivity contribution in [1.82, 2.24) is 5.32 Å². The van der Waals surface area contributed by atoms with Gasteiger partial charge >= 0.3 is 5.97 Å². The molecule has 0 aromatic carbocycles. The van der Waals surface area contributed by atoms with Crippen LogP contribution in [0.25, 0.3) is 0 Å². The third kappa shape index (κ3) is 4.01. The molecule has 4 nitrogen and oxygen atoms in total. The lowest BCUT2D eigenvalue weighted by molar-refractivity contribution is 0.0562. The van der Waals surface area contributed by atoms with Crippen LogP contribution in [0, 0.1) is 0 Å². The highest BCUT2D eigenvalue weighted by molar-refractivity contribution is 7.99. The molecule has 0 bridgehead atoms. The summed E-state index contributed by atoms with van der Waals surface area (Å²) >= 11 is 1.97. The molecular formula is C14H21NO3S. The molecule has 0 atom stereocenters. The largest absolute Gasteiger partial charge is 0.463 e. The normalized spacial score (nSPS) is 23.3. The first-order valence-electron chi connectivity index (χ1n) is 6.66. The number of carbonyl (C=O) groups is 1. The molecule has 0 radical (unpaired) electrons. The van der Waals surface area contributed by atoms with Gasteiger partial charge in [-0.3, -0.25) is 0 Å². The van der Waals surface area contributed by atoms with Gasteiger partial charge in [0.05, 0.1) is 13.7 Å². The highest BCUT2D eigenvalue weighted by Gasteiger charge is 2.20. The van der Waals surface area contributed by atoms with Crippen molar-refractivity contribution in [3.63, 3.8) is 0 Å². The van der Waals surface area contributed by atoms with E-state index in [1.165, 1.54) is 32.8 Å². The van der Waals surface area contributed by atoms with E-state index >= 15 is 0 Å². The van der Waals surface area contributed by atoms with Crippen molar-refractivity contribution in [2.75, 3.05) is 13.4 Å². The van der Waals surface area contributed by atoms with Crippen molar-refractivity contribution < 1.29 is 13.9 Å². The number of rotatable bonds is 5. The van der Waals surface area contributed by atoms with E-state index in [1.807, 2.05) is 17.8 Å². The van der Waals surface area contributed by atoms with Crippen LogP contribution in [-0.2, 0) is 11.3 Å². The zero-order valence-corrected chi connectivity index (χ0v) is 12.3. The molecular weight excluding hydrogens is 262 g/mol. The molecule has 5 heteroatoms. The summed E-state index contributed by atoms with van der Waals surface area (Å²) in [7, 11) is 1.35. The molecule has 0 aliphatic heterocycles. The van der Waals surface area contributed by atoms with Gasteiger partial charge in [-0.15, -0.1) is 0 Å². The summed E-state index contributed by atoms with van der Waals surface area (Å²) in [5, 5.41) is 4.32. The molecule has 0 saturated heterocycles. The molecule has 1 aliphatic carbocycles. The summed E-state index contributed by atoms with van der Waals surface area (Å²) in [5.41, 5.74) is 0. The Bertz CT molecular complexity index is 411. The third-order valence-corrected chi connectivity index (χ3v) is 4.76. The summed E-state index contributed by atoms with van der Waals surface area (Å²) in [4.78, 5) is 11.3. The highest BCUT2D eigenvalue weighted by Crippen LogP contribution is 2.27. The second-order valence-corrected chi connectivity index (χ2v) is 5.99. The maximum absolute atomic E-state index is 11.3. The lowest BCUT2D eigenvalue weighted by Gasteiger charge is -2.27. The minimum absolute atomic E-state index is 0.269. The lowest BCUT2D eigenvalue weighted by Crippen LogP contribution is -2.33. The minimum Gasteiger partial charge on any atom is -0.463 e. The van der Waals surface area contributed by atoms with Gasteiger partial charge in [-0.25, -0.2) is 4.79 Å². The van der Waals surface area contributed by atoms with Crippen LogP contribution in [0.1, 0.15) is 42.0 Å². The monoisotopic (exact) mass is 283 g/mol. The van der Waals surface area contributed by atoms with Crippen molar-refractivity contribution in [2.24, 2.45) is 0 Å². The van der Waals surface area contributed by atoms with Crippen molar-refractivity contribution in [3.8, 4) is 0 Å². The molecule has 1 aliphatic rings. The standard InChI is InChI=1S/C14H21NO3S/c1-17-14(16)13-8-5-11(18-13)9-15-10-3-6-12(19-2)7-4-10/h5,8,10,12,15H,3-4,6-7,9H2,1-2H3. The Labute approximate surface area is 118 Å². The summed E-state index contributed by atoms with van der Waals surface area (Å²) in [6, 6.07) is 4.05. The molecule has 0 spiro atoms. The van der Waals surface area contributed by atoms with Gasteiger partial charge in [-0.1, -0.05) is 0 Å². The molecule has 106 valence electrons. The van der Waals surface area contributed by atoms with E-state index in [2.05, 4.69) is 16.3 Å². The average molecular weight is 283 g/mol. The highest BCUT2D eigenvalue weighted by atomic mass is 32.2. The number of ether oxygens (including phenoxy) is 1. The molecule has 1 N–H and O–H groups in total. The lowest BCUT2D eigenvalue weighted by atomic mass is 9.95. The predicted octanol–water partition coefficient (Wildman–Crippen LogP) is 2.83. The number of hydrogen-bond acceptors (Lipinski definition) is 5.